The Hall–Kier alpha value is -0.480. The number of quaternary nitrogens is 1. The van der Waals surface area contributed by atoms with Crippen LogP contribution in [0.5, 0.6) is 0 Å². The second-order valence-electron chi connectivity index (χ2n) is 2.51. The zero-order valence-corrected chi connectivity index (χ0v) is 6.29. The van der Waals surface area contributed by atoms with Gasteiger partial charge in [0.15, 0.2) is 0 Å². The third-order valence-corrected chi connectivity index (χ3v) is 2.12. The molecule has 0 bridgehead atoms. The van der Waals surface area contributed by atoms with Gasteiger partial charge in [-0.15, -0.1) is 0 Å². The van der Waals surface area contributed by atoms with E-state index < -0.39 is 0 Å². The quantitative estimate of drug-likeness (QED) is 0.367. The Morgan fingerprint density at radius 2 is 2.22 bits per heavy atom. The Morgan fingerprint density at radius 1 is 1.67 bits per heavy atom. The standard InChI is InChI=1S/C5H8N2OS/c1-7(2)4(8)3-6-5(7)9/h3H2,1-2H3/p+1. The highest BCUT2D eigenvalue weighted by Gasteiger charge is 2.38. The molecular formula is C5H9N2OS+. The molecule has 0 atom stereocenters. The van der Waals surface area contributed by atoms with E-state index in [1.807, 2.05) is 0 Å². The molecule has 50 valence electrons. The topological polar surface area (TPSA) is 29.1 Å². The first-order valence-corrected chi connectivity index (χ1v) is 3.12. The molecule has 0 aromatic rings. The maximum absolute atomic E-state index is 10.9. The minimum Gasteiger partial charge on any atom is -0.318 e. The van der Waals surface area contributed by atoms with Gasteiger partial charge in [0.1, 0.15) is 6.54 Å². The molecule has 0 spiro atoms. The van der Waals surface area contributed by atoms with Crippen molar-refractivity contribution in [3.05, 3.63) is 0 Å². The van der Waals surface area contributed by atoms with Gasteiger partial charge in [0, 0.05) is 12.2 Å². The lowest BCUT2D eigenvalue weighted by Gasteiger charge is -2.16. The maximum Gasteiger partial charge on any atom is 0.339 e. The van der Waals surface area contributed by atoms with Crippen LogP contribution in [-0.2, 0) is 4.79 Å². The van der Waals surface area contributed by atoms with Crippen LogP contribution in [0.25, 0.3) is 0 Å². The van der Waals surface area contributed by atoms with E-state index in [0.29, 0.717) is 11.7 Å². The lowest BCUT2D eigenvalue weighted by Crippen LogP contribution is -2.45. The van der Waals surface area contributed by atoms with Crippen molar-refractivity contribution in [2.24, 2.45) is 0 Å². The van der Waals surface area contributed by atoms with E-state index in [4.69, 9.17) is 12.2 Å². The second-order valence-corrected chi connectivity index (χ2v) is 2.89. The zero-order valence-electron chi connectivity index (χ0n) is 5.47. The minimum absolute atomic E-state index is 0.125. The van der Waals surface area contributed by atoms with Gasteiger partial charge in [0.25, 0.3) is 5.11 Å². The van der Waals surface area contributed by atoms with Crippen molar-refractivity contribution in [3.63, 3.8) is 0 Å². The minimum atomic E-state index is 0.125. The predicted molar refractivity (Wildman–Crippen MR) is 37.7 cm³/mol. The van der Waals surface area contributed by atoms with Gasteiger partial charge in [0.05, 0.1) is 14.1 Å². The molecular weight excluding hydrogens is 136 g/mol. The van der Waals surface area contributed by atoms with E-state index in [1.54, 1.807) is 14.1 Å². The van der Waals surface area contributed by atoms with Crippen molar-refractivity contribution in [2.75, 3.05) is 20.6 Å². The van der Waals surface area contributed by atoms with Crippen LogP contribution in [0.2, 0.25) is 0 Å². The summed E-state index contributed by atoms with van der Waals surface area (Å²) in [5.74, 6) is 0.125. The lowest BCUT2D eigenvalue weighted by molar-refractivity contribution is -0.710. The molecule has 1 amide bonds. The summed E-state index contributed by atoms with van der Waals surface area (Å²) in [5, 5.41) is 3.42. The summed E-state index contributed by atoms with van der Waals surface area (Å²) >= 11 is 4.87. The molecule has 0 aromatic heterocycles. The largest absolute Gasteiger partial charge is 0.339 e. The van der Waals surface area contributed by atoms with E-state index in [1.165, 1.54) is 0 Å². The Bertz CT molecular complexity index is 158. The van der Waals surface area contributed by atoms with Crippen molar-refractivity contribution >= 4 is 23.2 Å². The van der Waals surface area contributed by atoms with Gasteiger partial charge in [-0.1, -0.05) is 0 Å². The number of nitrogens with zero attached hydrogens (tertiary/aromatic N) is 1. The van der Waals surface area contributed by atoms with Crippen molar-refractivity contribution in [2.45, 2.75) is 0 Å². The summed E-state index contributed by atoms with van der Waals surface area (Å²) in [7, 11) is 3.56. The molecule has 0 aliphatic carbocycles. The van der Waals surface area contributed by atoms with E-state index in [-0.39, 0.29) is 10.4 Å². The van der Waals surface area contributed by atoms with Gasteiger partial charge < -0.3 is 5.32 Å². The molecule has 9 heavy (non-hydrogen) atoms. The van der Waals surface area contributed by atoms with E-state index in [2.05, 4.69) is 5.32 Å². The van der Waals surface area contributed by atoms with Gasteiger partial charge in [-0.05, 0) is 0 Å². The summed E-state index contributed by atoms with van der Waals surface area (Å²) < 4.78 is 0.204. The molecule has 0 saturated carbocycles. The molecule has 1 fully saturated rings. The van der Waals surface area contributed by atoms with Crippen LogP contribution in [0, 0.1) is 0 Å². The van der Waals surface area contributed by atoms with Crippen molar-refractivity contribution < 1.29 is 9.28 Å². The predicted octanol–water partition coefficient (Wildman–Crippen LogP) is -0.522. The number of carbonyl (C=O) groups is 1. The summed E-state index contributed by atoms with van der Waals surface area (Å²) in [4.78, 5) is 10.9. The van der Waals surface area contributed by atoms with Gasteiger partial charge in [-0.3, -0.25) is 0 Å². The number of carbonyl (C=O) groups excluding carboxylic acids is 1. The van der Waals surface area contributed by atoms with Crippen LogP contribution in [-0.4, -0.2) is 36.1 Å². The van der Waals surface area contributed by atoms with E-state index in [0.717, 1.165) is 0 Å². The zero-order chi connectivity index (χ0) is 7.07. The number of hydrogen-bond acceptors (Lipinski definition) is 2. The molecule has 4 heteroatoms. The van der Waals surface area contributed by atoms with Crippen molar-refractivity contribution in [1.29, 1.82) is 0 Å². The summed E-state index contributed by atoms with van der Waals surface area (Å²) in [6.45, 7) is 0.381. The smallest absolute Gasteiger partial charge is 0.318 e. The van der Waals surface area contributed by atoms with Crippen LogP contribution in [0.4, 0.5) is 0 Å². The van der Waals surface area contributed by atoms with E-state index in [9.17, 15) is 4.79 Å². The van der Waals surface area contributed by atoms with Crippen LogP contribution in [0.1, 0.15) is 0 Å². The SMILES string of the molecule is C[N+]1(C)C(=O)CNC1=S. The average molecular weight is 145 g/mol. The number of likely N-dealkylation sites (N-methyl/N-ethyl adjacent to an activating group) is 1. The maximum atomic E-state index is 10.9. The van der Waals surface area contributed by atoms with Crippen LogP contribution >= 0.6 is 12.2 Å². The van der Waals surface area contributed by atoms with Crippen LogP contribution in [0.15, 0.2) is 0 Å². The summed E-state index contributed by atoms with van der Waals surface area (Å²) in [5.41, 5.74) is 0. The van der Waals surface area contributed by atoms with E-state index >= 15 is 0 Å². The number of thiocarbonyl (C=S) groups is 1. The van der Waals surface area contributed by atoms with Crippen LogP contribution < -0.4 is 5.32 Å². The highest BCUT2D eigenvalue weighted by atomic mass is 32.1. The Morgan fingerprint density at radius 3 is 2.33 bits per heavy atom. The average Bonchev–Trinajstić information content (AvgIpc) is 1.96. The molecule has 1 aliphatic rings. The molecule has 1 saturated heterocycles. The Balaban J connectivity index is 2.91. The highest BCUT2D eigenvalue weighted by Crippen LogP contribution is 2.04. The molecule has 0 radical (unpaired) electrons. The normalized spacial score (nSPS) is 24.2. The van der Waals surface area contributed by atoms with Crippen molar-refractivity contribution in [3.8, 4) is 0 Å². The Kier molecular flexibility index (Phi) is 1.29. The first-order chi connectivity index (χ1) is 4.05. The molecule has 1 rings (SSSR count). The van der Waals surface area contributed by atoms with Gasteiger partial charge in [-0.25, -0.2) is 9.28 Å². The molecule has 1 aliphatic heterocycles. The molecule has 0 aromatic carbocycles. The van der Waals surface area contributed by atoms with Crippen LogP contribution in [0.3, 0.4) is 0 Å². The van der Waals surface area contributed by atoms with Gasteiger partial charge in [0.2, 0.25) is 0 Å². The molecule has 3 nitrogen and oxygen atoms in total. The third kappa shape index (κ3) is 0.840. The first-order valence-electron chi connectivity index (χ1n) is 2.71. The Labute approximate surface area is 59.2 Å². The number of hydrogen-bond donors (Lipinski definition) is 1. The first kappa shape index (κ1) is 6.64. The number of amides is 1. The fourth-order valence-corrected chi connectivity index (χ4v) is 0.834. The highest BCUT2D eigenvalue weighted by molar-refractivity contribution is 7.80. The van der Waals surface area contributed by atoms with Crippen molar-refractivity contribution in [1.82, 2.24) is 5.32 Å². The fourth-order valence-electron chi connectivity index (χ4n) is 0.660. The fraction of sp³-hybridized carbons (Fsp3) is 0.600. The second kappa shape index (κ2) is 1.75. The summed E-state index contributed by atoms with van der Waals surface area (Å²) in [6.07, 6.45) is 0. The van der Waals surface area contributed by atoms with Gasteiger partial charge in [-0.2, -0.15) is 0 Å². The monoisotopic (exact) mass is 145 g/mol. The molecule has 1 N–H and O–H groups in total. The van der Waals surface area contributed by atoms with Gasteiger partial charge >= 0.3 is 5.91 Å². The lowest BCUT2D eigenvalue weighted by atomic mass is 10.5. The summed E-state index contributed by atoms with van der Waals surface area (Å²) in [6, 6.07) is 0. The third-order valence-electron chi connectivity index (χ3n) is 1.52. The molecule has 0 unspecified atom stereocenters. The molecule has 1 heterocycles. The number of nitrogens with one attached hydrogen (secondary N) is 1. The number of rotatable bonds is 0.